The maximum Gasteiger partial charge on any atom is 0.191 e. The predicted molar refractivity (Wildman–Crippen MR) is 131 cm³/mol. The standard InChI is InChI=1S/C21H30N8.HI/c1-4-22-21(23-11-7-8-12-28-15-25-26-16-28)24-14-19-9-5-6-10-20(19)29-18(3)13-17(2)27-29;/h5-6,9-10,13,15-16H,4,7-8,11-12,14H2,1-3H3,(H2,22,23,24);1H. The average Bonchev–Trinajstić information content (AvgIpc) is 3.35. The van der Waals surface area contributed by atoms with E-state index in [0.29, 0.717) is 6.54 Å². The first-order chi connectivity index (χ1) is 14.2. The number of benzene rings is 1. The summed E-state index contributed by atoms with van der Waals surface area (Å²) in [5.41, 5.74) is 4.36. The molecule has 162 valence electrons. The fourth-order valence-corrected chi connectivity index (χ4v) is 3.19. The Bertz CT molecular complexity index is 917. The van der Waals surface area contributed by atoms with E-state index in [-0.39, 0.29) is 24.0 Å². The SMILES string of the molecule is CCNC(=NCc1ccccc1-n1nc(C)cc1C)NCCCCn1cnnc1.I. The van der Waals surface area contributed by atoms with Crippen LogP contribution in [0.2, 0.25) is 0 Å². The number of hydrogen-bond acceptors (Lipinski definition) is 4. The van der Waals surface area contributed by atoms with E-state index in [9.17, 15) is 0 Å². The summed E-state index contributed by atoms with van der Waals surface area (Å²) in [5, 5.41) is 19.0. The molecule has 0 saturated heterocycles. The van der Waals surface area contributed by atoms with E-state index in [1.165, 1.54) is 0 Å². The molecule has 0 amide bonds. The number of nitrogens with one attached hydrogen (secondary N) is 2. The van der Waals surface area contributed by atoms with E-state index in [0.717, 1.165) is 61.1 Å². The number of rotatable bonds is 9. The molecule has 0 saturated carbocycles. The largest absolute Gasteiger partial charge is 0.357 e. The lowest BCUT2D eigenvalue weighted by Gasteiger charge is -2.13. The number of guanidine groups is 1. The van der Waals surface area contributed by atoms with Gasteiger partial charge in [0, 0.05) is 25.3 Å². The Kier molecular flexibility index (Phi) is 9.78. The van der Waals surface area contributed by atoms with Crippen molar-refractivity contribution in [2.75, 3.05) is 13.1 Å². The second-order valence-electron chi connectivity index (χ2n) is 7.00. The maximum atomic E-state index is 4.78. The fraction of sp³-hybridized carbons (Fsp3) is 0.429. The van der Waals surface area contributed by atoms with Gasteiger partial charge in [-0.2, -0.15) is 5.10 Å². The van der Waals surface area contributed by atoms with Crippen LogP contribution in [0.5, 0.6) is 0 Å². The Balaban J connectivity index is 0.00000320. The molecular formula is C21H31IN8. The lowest BCUT2D eigenvalue weighted by Crippen LogP contribution is -2.37. The van der Waals surface area contributed by atoms with Gasteiger partial charge in [-0.3, -0.25) is 0 Å². The molecule has 9 heteroatoms. The van der Waals surface area contributed by atoms with Crippen molar-refractivity contribution >= 4 is 29.9 Å². The molecule has 8 nitrogen and oxygen atoms in total. The van der Waals surface area contributed by atoms with Crippen molar-refractivity contribution in [1.82, 2.24) is 35.2 Å². The van der Waals surface area contributed by atoms with E-state index < -0.39 is 0 Å². The third-order valence-corrected chi connectivity index (χ3v) is 4.58. The van der Waals surface area contributed by atoms with Crippen molar-refractivity contribution in [3.8, 4) is 5.69 Å². The Hall–Kier alpha value is -2.43. The van der Waals surface area contributed by atoms with Crippen molar-refractivity contribution < 1.29 is 0 Å². The third kappa shape index (κ3) is 6.82. The van der Waals surface area contributed by atoms with Crippen molar-refractivity contribution in [2.24, 2.45) is 4.99 Å². The molecule has 0 aliphatic heterocycles. The van der Waals surface area contributed by atoms with Crippen LogP contribution in [-0.2, 0) is 13.1 Å². The van der Waals surface area contributed by atoms with Crippen molar-refractivity contribution in [2.45, 2.75) is 46.7 Å². The molecule has 0 bridgehead atoms. The van der Waals surface area contributed by atoms with Crippen molar-refractivity contribution in [3.05, 3.63) is 59.9 Å². The van der Waals surface area contributed by atoms with Crippen LogP contribution in [0.3, 0.4) is 0 Å². The fourth-order valence-electron chi connectivity index (χ4n) is 3.19. The van der Waals surface area contributed by atoms with Gasteiger partial charge >= 0.3 is 0 Å². The molecule has 1 aromatic carbocycles. The summed E-state index contributed by atoms with van der Waals surface area (Å²) in [4.78, 5) is 4.78. The summed E-state index contributed by atoms with van der Waals surface area (Å²) < 4.78 is 3.99. The van der Waals surface area contributed by atoms with Gasteiger partial charge in [0.2, 0.25) is 0 Å². The zero-order valence-electron chi connectivity index (χ0n) is 17.9. The van der Waals surface area contributed by atoms with E-state index in [4.69, 9.17) is 4.99 Å². The summed E-state index contributed by atoms with van der Waals surface area (Å²) in [5.74, 6) is 0.833. The van der Waals surface area contributed by atoms with Crippen molar-refractivity contribution in [1.29, 1.82) is 0 Å². The highest BCUT2D eigenvalue weighted by atomic mass is 127. The zero-order chi connectivity index (χ0) is 20.5. The number of aryl methyl sites for hydroxylation is 3. The quantitative estimate of drug-likeness (QED) is 0.195. The lowest BCUT2D eigenvalue weighted by molar-refractivity contribution is 0.597. The molecule has 0 atom stereocenters. The first-order valence-corrected chi connectivity index (χ1v) is 10.1. The number of para-hydroxylation sites is 1. The molecule has 30 heavy (non-hydrogen) atoms. The highest BCUT2D eigenvalue weighted by molar-refractivity contribution is 14.0. The second-order valence-corrected chi connectivity index (χ2v) is 7.00. The molecule has 2 aromatic heterocycles. The molecule has 0 aliphatic rings. The Labute approximate surface area is 195 Å². The first kappa shape index (κ1) is 23.8. The summed E-state index contributed by atoms with van der Waals surface area (Å²) in [6.45, 7) is 9.38. The van der Waals surface area contributed by atoms with Crippen LogP contribution in [0.15, 0.2) is 48.0 Å². The van der Waals surface area contributed by atoms with E-state index in [2.05, 4.69) is 58.0 Å². The van der Waals surface area contributed by atoms with E-state index in [1.807, 2.05) is 28.3 Å². The molecular weight excluding hydrogens is 491 g/mol. The molecule has 0 unspecified atom stereocenters. The number of halogens is 1. The molecule has 3 aromatic rings. The van der Waals surface area contributed by atoms with Gasteiger partial charge in [0.25, 0.3) is 0 Å². The third-order valence-electron chi connectivity index (χ3n) is 4.58. The van der Waals surface area contributed by atoms with Gasteiger partial charge in [0.1, 0.15) is 12.7 Å². The van der Waals surface area contributed by atoms with Crippen LogP contribution in [0.4, 0.5) is 0 Å². The van der Waals surface area contributed by atoms with Gasteiger partial charge < -0.3 is 15.2 Å². The highest BCUT2D eigenvalue weighted by Gasteiger charge is 2.08. The van der Waals surface area contributed by atoms with Crippen LogP contribution in [0, 0.1) is 13.8 Å². The highest BCUT2D eigenvalue weighted by Crippen LogP contribution is 2.17. The van der Waals surface area contributed by atoms with Gasteiger partial charge in [0.15, 0.2) is 5.96 Å². The first-order valence-electron chi connectivity index (χ1n) is 10.1. The minimum Gasteiger partial charge on any atom is -0.357 e. The second kappa shape index (κ2) is 12.3. The molecule has 0 radical (unpaired) electrons. The molecule has 0 aliphatic carbocycles. The minimum absolute atomic E-state index is 0. The molecule has 0 spiro atoms. The number of aliphatic imine (C=N–C) groups is 1. The number of aromatic nitrogens is 5. The Morgan fingerprint density at radius 2 is 1.83 bits per heavy atom. The smallest absolute Gasteiger partial charge is 0.191 e. The maximum absolute atomic E-state index is 4.78. The van der Waals surface area contributed by atoms with Gasteiger partial charge in [-0.15, -0.1) is 34.2 Å². The normalized spacial score (nSPS) is 11.2. The van der Waals surface area contributed by atoms with Crippen LogP contribution in [0.25, 0.3) is 5.69 Å². The zero-order valence-corrected chi connectivity index (χ0v) is 20.2. The van der Waals surface area contributed by atoms with Gasteiger partial charge in [0.05, 0.1) is 17.9 Å². The molecule has 0 fully saturated rings. The summed E-state index contributed by atoms with van der Waals surface area (Å²) >= 11 is 0. The van der Waals surface area contributed by atoms with Gasteiger partial charge in [-0.25, -0.2) is 9.67 Å². The van der Waals surface area contributed by atoms with Crippen molar-refractivity contribution in [3.63, 3.8) is 0 Å². The predicted octanol–water partition coefficient (Wildman–Crippen LogP) is 3.23. The van der Waals surface area contributed by atoms with Gasteiger partial charge in [-0.1, -0.05) is 18.2 Å². The number of hydrogen-bond donors (Lipinski definition) is 2. The number of unbranched alkanes of at least 4 members (excludes halogenated alkanes) is 1. The Morgan fingerprint density at radius 3 is 2.53 bits per heavy atom. The lowest BCUT2D eigenvalue weighted by atomic mass is 10.2. The topological polar surface area (TPSA) is 85.0 Å². The van der Waals surface area contributed by atoms with Gasteiger partial charge in [-0.05, 0) is 51.3 Å². The Morgan fingerprint density at radius 1 is 1.07 bits per heavy atom. The average molecular weight is 522 g/mol. The van der Waals surface area contributed by atoms with Crippen LogP contribution >= 0.6 is 24.0 Å². The summed E-state index contributed by atoms with van der Waals surface area (Å²) in [7, 11) is 0. The molecule has 2 N–H and O–H groups in total. The summed E-state index contributed by atoms with van der Waals surface area (Å²) in [6, 6.07) is 10.4. The van der Waals surface area contributed by atoms with Crippen LogP contribution in [-0.4, -0.2) is 43.6 Å². The minimum atomic E-state index is 0. The van der Waals surface area contributed by atoms with E-state index in [1.54, 1.807) is 12.7 Å². The van der Waals surface area contributed by atoms with Crippen LogP contribution in [0.1, 0.15) is 36.7 Å². The molecule has 3 rings (SSSR count). The van der Waals surface area contributed by atoms with Crippen LogP contribution < -0.4 is 10.6 Å². The monoisotopic (exact) mass is 522 g/mol. The van der Waals surface area contributed by atoms with E-state index >= 15 is 0 Å². The molecule has 2 heterocycles. The number of nitrogens with zero attached hydrogens (tertiary/aromatic N) is 6. The summed E-state index contributed by atoms with van der Waals surface area (Å²) in [6.07, 6.45) is 5.61.